The summed E-state index contributed by atoms with van der Waals surface area (Å²) in [6.07, 6.45) is 0. The van der Waals surface area contributed by atoms with Gasteiger partial charge in [0.15, 0.2) is 0 Å². The Morgan fingerprint density at radius 1 is 1.28 bits per heavy atom. The van der Waals surface area contributed by atoms with E-state index in [1.54, 1.807) is 0 Å². The fourth-order valence-corrected chi connectivity index (χ4v) is 1.51. The fraction of sp³-hybridized carbons (Fsp3) is 0.364. The number of carbonyl (C=O) groups is 1. The minimum absolute atomic E-state index is 0.0104. The van der Waals surface area contributed by atoms with Gasteiger partial charge in [-0.3, -0.25) is 9.79 Å². The molecule has 0 saturated carbocycles. The lowest BCUT2D eigenvalue weighted by molar-refractivity contribution is 0.0459. The monoisotopic (exact) mass is 274 g/mol. The lowest BCUT2D eigenvalue weighted by atomic mass is 10.2. The van der Waals surface area contributed by atoms with E-state index in [4.69, 9.17) is 14.5 Å². The molecule has 0 aromatic heterocycles. The van der Waals surface area contributed by atoms with Crippen molar-refractivity contribution in [2.24, 2.45) is 5.92 Å². The van der Waals surface area contributed by atoms with E-state index in [0.717, 1.165) is 0 Å². The Hall–Kier alpha value is -1.36. The third kappa shape index (κ3) is 5.31. The molecule has 0 fully saturated rings. The summed E-state index contributed by atoms with van der Waals surface area (Å²) in [7, 11) is -4.57. The van der Waals surface area contributed by atoms with E-state index in [1.165, 1.54) is 24.3 Å². The first-order valence-corrected chi connectivity index (χ1v) is 6.83. The molecule has 0 aliphatic carbocycles. The highest BCUT2D eigenvalue weighted by atomic mass is 31.2. The summed E-state index contributed by atoms with van der Waals surface area (Å²) in [5.74, 6) is -0.249. The molecule has 0 aliphatic heterocycles. The van der Waals surface area contributed by atoms with Gasteiger partial charge in [0.25, 0.3) is 0 Å². The molecule has 100 valence electrons. The van der Waals surface area contributed by atoms with Crippen LogP contribution in [0.25, 0.3) is 0 Å². The Morgan fingerprint density at radius 3 is 2.28 bits per heavy atom. The van der Waals surface area contributed by atoms with Crippen LogP contribution in [0.15, 0.2) is 24.3 Å². The molecule has 0 heterocycles. The Kier molecular flexibility index (Phi) is 4.90. The zero-order chi connectivity index (χ0) is 13.8. The predicted octanol–water partition coefficient (Wildman–Crippen LogP) is 1.97. The first-order valence-electron chi connectivity index (χ1n) is 5.30. The summed E-state index contributed by atoms with van der Waals surface area (Å²) in [5.41, 5.74) is 0.300. The minimum atomic E-state index is -4.57. The van der Waals surface area contributed by atoms with Gasteiger partial charge in [0.2, 0.25) is 0 Å². The first-order chi connectivity index (χ1) is 8.28. The number of hydrogen-bond donors (Lipinski definition) is 2. The summed E-state index contributed by atoms with van der Waals surface area (Å²) in [5, 5.41) is 0. The summed E-state index contributed by atoms with van der Waals surface area (Å²) in [6, 6.07) is 5.36. The Bertz CT molecular complexity index is 447. The molecule has 0 saturated heterocycles. The molecule has 0 spiro atoms. The second-order valence-corrected chi connectivity index (χ2v) is 5.26. The van der Waals surface area contributed by atoms with E-state index in [0.29, 0.717) is 12.2 Å². The van der Waals surface area contributed by atoms with Gasteiger partial charge in [-0.15, -0.1) is 0 Å². The largest absolute Gasteiger partial charge is 0.524 e. The SMILES string of the molecule is CC(C)COC(=O)c1ccc(OP(=O)(O)O)cc1. The highest BCUT2D eigenvalue weighted by Gasteiger charge is 2.16. The van der Waals surface area contributed by atoms with Crippen molar-refractivity contribution in [2.75, 3.05) is 6.61 Å². The molecule has 1 rings (SSSR count). The van der Waals surface area contributed by atoms with Crippen molar-refractivity contribution < 1.29 is 28.4 Å². The number of hydrogen-bond acceptors (Lipinski definition) is 4. The van der Waals surface area contributed by atoms with E-state index in [2.05, 4.69) is 4.52 Å². The van der Waals surface area contributed by atoms with Gasteiger partial charge in [0.1, 0.15) is 5.75 Å². The molecule has 2 N–H and O–H groups in total. The average Bonchev–Trinajstić information content (AvgIpc) is 2.24. The molecule has 0 amide bonds. The maximum Gasteiger partial charge on any atom is 0.524 e. The minimum Gasteiger partial charge on any atom is -0.462 e. The van der Waals surface area contributed by atoms with Crippen LogP contribution in [0.2, 0.25) is 0 Å². The maximum atomic E-state index is 11.5. The first kappa shape index (κ1) is 14.7. The second-order valence-electron chi connectivity index (χ2n) is 4.10. The van der Waals surface area contributed by atoms with Crippen LogP contribution in [0, 0.1) is 5.92 Å². The summed E-state index contributed by atoms with van der Waals surface area (Å²) in [6.45, 7) is 4.16. The smallest absolute Gasteiger partial charge is 0.462 e. The van der Waals surface area contributed by atoms with Gasteiger partial charge in [-0.1, -0.05) is 13.8 Å². The van der Waals surface area contributed by atoms with Gasteiger partial charge in [-0.2, -0.15) is 0 Å². The molecule has 1 aromatic rings. The van der Waals surface area contributed by atoms with Crippen LogP contribution < -0.4 is 4.52 Å². The molecule has 0 bridgehead atoms. The third-order valence-electron chi connectivity index (χ3n) is 1.86. The van der Waals surface area contributed by atoms with Crippen molar-refractivity contribution in [3.05, 3.63) is 29.8 Å². The zero-order valence-corrected chi connectivity index (χ0v) is 11.0. The number of phosphoric acid groups is 1. The van der Waals surface area contributed by atoms with Crippen LogP contribution in [-0.2, 0) is 9.30 Å². The van der Waals surface area contributed by atoms with Crippen LogP contribution in [-0.4, -0.2) is 22.4 Å². The standard InChI is InChI=1S/C11H15O6P/c1-8(2)7-16-11(12)9-3-5-10(6-4-9)17-18(13,14)15/h3-6,8H,7H2,1-2H3,(H2,13,14,15). The van der Waals surface area contributed by atoms with Crippen molar-refractivity contribution >= 4 is 13.8 Å². The number of rotatable bonds is 5. The van der Waals surface area contributed by atoms with Gasteiger partial charge < -0.3 is 9.26 Å². The molecular weight excluding hydrogens is 259 g/mol. The number of carbonyl (C=O) groups excluding carboxylic acids is 1. The fourth-order valence-electron chi connectivity index (χ4n) is 1.11. The maximum absolute atomic E-state index is 11.5. The van der Waals surface area contributed by atoms with E-state index >= 15 is 0 Å². The van der Waals surface area contributed by atoms with Crippen LogP contribution in [0.4, 0.5) is 0 Å². The quantitative estimate of drug-likeness (QED) is 0.630. The molecular formula is C11H15O6P. The second kappa shape index (κ2) is 6.00. The summed E-state index contributed by atoms with van der Waals surface area (Å²) >= 11 is 0. The molecule has 18 heavy (non-hydrogen) atoms. The van der Waals surface area contributed by atoms with E-state index in [1.807, 2.05) is 13.8 Å². The van der Waals surface area contributed by atoms with Gasteiger partial charge in [-0.05, 0) is 30.2 Å². The van der Waals surface area contributed by atoms with Gasteiger partial charge in [-0.25, -0.2) is 9.36 Å². The highest BCUT2D eigenvalue weighted by Crippen LogP contribution is 2.37. The number of ether oxygens (including phenoxy) is 1. The predicted molar refractivity (Wildman–Crippen MR) is 64.2 cm³/mol. The molecule has 1 aromatic carbocycles. The average molecular weight is 274 g/mol. The van der Waals surface area contributed by atoms with Crippen LogP contribution in [0.1, 0.15) is 24.2 Å². The number of phosphoric ester groups is 1. The van der Waals surface area contributed by atoms with Crippen molar-refractivity contribution in [1.82, 2.24) is 0 Å². The van der Waals surface area contributed by atoms with Crippen molar-refractivity contribution in [3.63, 3.8) is 0 Å². The lowest BCUT2D eigenvalue weighted by Crippen LogP contribution is -2.10. The molecule has 0 aliphatic rings. The normalized spacial score (nSPS) is 11.4. The van der Waals surface area contributed by atoms with Crippen LogP contribution in [0.3, 0.4) is 0 Å². The van der Waals surface area contributed by atoms with E-state index in [9.17, 15) is 9.36 Å². The Balaban J connectivity index is 2.65. The summed E-state index contributed by atoms with van der Waals surface area (Å²) in [4.78, 5) is 28.7. The topological polar surface area (TPSA) is 93.1 Å². The molecule has 0 atom stereocenters. The van der Waals surface area contributed by atoms with Crippen molar-refractivity contribution in [2.45, 2.75) is 13.8 Å². The Morgan fingerprint density at radius 2 is 1.83 bits per heavy atom. The molecule has 6 nitrogen and oxygen atoms in total. The van der Waals surface area contributed by atoms with Gasteiger partial charge in [0.05, 0.1) is 12.2 Å². The molecule has 0 radical (unpaired) electrons. The third-order valence-corrected chi connectivity index (χ3v) is 2.31. The summed E-state index contributed by atoms with van der Waals surface area (Å²) < 4.78 is 19.9. The van der Waals surface area contributed by atoms with Gasteiger partial charge in [0, 0.05) is 0 Å². The van der Waals surface area contributed by atoms with E-state index in [-0.39, 0.29) is 11.7 Å². The van der Waals surface area contributed by atoms with Crippen molar-refractivity contribution in [1.29, 1.82) is 0 Å². The lowest BCUT2D eigenvalue weighted by Gasteiger charge is -2.08. The molecule has 0 unspecified atom stereocenters. The highest BCUT2D eigenvalue weighted by molar-refractivity contribution is 7.46. The number of esters is 1. The van der Waals surface area contributed by atoms with Crippen LogP contribution >= 0.6 is 7.82 Å². The van der Waals surface area contributed by atoms with E-state index < -0.39 is 13.8 Å². The van der Waals surface area contributed by atoms with Crippen molar-refractivity contribution in [3.8, 4) is 5.75 Å². The molecule has 7 heteroatoms. The Labute approximate surface area is 105 Å². The zero-order valence-electron chi connectivity index (χ0n) is 10.1. The van der Waals surface area contributed by atoms with Crippen LogP contribution in [0.5, 0.6) is 5.75 Å². The number of benzene rings is 1. The van der Waals surface area contributed by atoms with Gasteiger partial charge >= 0.3 is 13.8 Å².